The summed E-state index contributed by atoms with van der Waals surface area (Å²) in [6.07, 6.45) is 7.65. The molecule has 2 aliphatic carbocycles. The maximum atomic E-state index is 12.3. The Labute approximate surface area is 131 Å². The lowest BCUT2D eigenvalue weighted by Crippen LogP contribution is -2.55. The maximum Gasteiger partial charge on any atom is 0.292 e. The molecule has 2 bridgehead atoms. The Hall–Kier alpha value is -1.90. The van der Waals surface area contributed by atoms with Gasteiger partial charge in [-0.15, -0.1) is 0 Å². The second-order valence-electron chi connectivity index (χ2n) is 7.10. The fourth-order valence-electron chi connectivity index (χ4n) is 4.21. The summed E-state index contributed by atoms with van der Waals surface area (Å²) < 4.78 is 0. The standard InChI is InChI=1S/C19H23NO2/c1-18-12-10-15(11-13-18)19(18,2)20-17(22)16(21)9-8-14-6-4-3-5-7-14/h3-9,15H,10-13H2,1-2H3,(H,20,22)/b9-8+/t15?,18?,19-/m0/s1. The summed E-state index contributed by atoms with van der Waals surface area (Å²) in [5.74, 6) is -0.443. The Morgan fingerprint density at radius 1 is 1.14 bits per heavy atom. The van der Waals surface area contributed by atoms with Crippen LogP contribution in [0.15, 0.2) is 36.4 Å². The topological polar surface area (TPSA) is 46.2 Å². The van der Waals surface area contributed by atoms with Crippen LogP contribution in [0.25, 0.3) is 6.08 Å². The highest BCUT2D eigenvalue weighted by molar-refractivity contribution is 6.41. The maximum absolute atomic E-state index is 12.3. The van der Waals surface area contributed by atoms with Crippen molar-refractivity contribution in [2.24, 2.45) is 11.3 Å². The minimum Gasteiger partial charge on any atom is -0.343 e. The molecule has 1 amide bonds. The summed E-state index contributed by atoms with van der Waals surface area (Å²) in [7, 11) is 0. The van der Waals surface area contributed by atoms with Crippen molar-refractivity contribution in [3.8, 4) is 0 Å². The van der Waals surface area contributed by atoms with Crippen molar-refractivity contribution in [1.29, 1.82) is 0 Å². The van der Waals surface area contributed by atoms with Crippen molar-refractivity contribution in [3.63, 3.8) is 0 Å². The average Bonchev–Trinajstić information content (AvgIpc) is 2.90. The highest BCUT2D eigenvalue weighted by Crippen LogP contribution is 2.60. The molecule has 116 valence electrons. The fourth-order valence-corrected chi connectivity index (χ4v) is 4.21. The molecule has 0 radical (unpaired) electrons. The third-order valence-corrected chi connectivity index (χ3v) is 5.98. The zero-order chi connectivity index (χ0) is 15.8. The first-order chi connectivity index (χ1) is 10.4. The molecule has 2 aliphatic rings. The third kappa shape index (κ3) is 2.39. The molecule has 1 N–H and O–H groups in total. The molecule has 0 saturated heterocycles. The average molecular weight is 297 g/mol. The van der Waals surface area contributed by atoms with Gasteiger partial charge in [-0.05, 0) is 55.6 Å². The zero-order valence-electron chi connectivity index (χ0n) is 13.3. The van der Waals surface area contributed by atoms with Crippen LogP contribution in [0.5, 0.6) is 0 Å². The van der Waals surface area contributed by atoms with Crippen molar-refractivity contribution in [2.45, 2.75) is 45.1 Å². The van der Waals surface area contributed by atoms with Crippen LogP contribution >= 0.6 is 0 Å². The van der Waals surface area contributed by atoms with Gasteiger partial charge in [0.05, 0.1) is 0 Å². The summed E-state index contributed by atoms with van der Waals surface area (Å²) in [4.78, 5) is 24.4. The van der Waals surface area contributed by atoms with Gasteiger partial charge in [0, 0.05) is 5.54 Å². The molecule has 3 heteroatoms. The summed E-state index contributed by atoms with van der Waals surface area (Å²) in [5, 5.41) is 3.05. The lowest BCUT2D eigenvalue weighted by Gasteiger charge is -2.38. The highest BCUT2D eigenvalue weighted by Gasteiger charge is 2.59. The molecule has 0 heterocycles. The van der Waals surface area contributed by atoms with Gasteiger partial charge in [0.1, 0.15) is 0 Å². The van der Waals surface area contributed by atoms with Gasteiger partial charge >= 0.3 is 0 Å². The fraction of sp³-hybridized carbons (Fsp3) is 0.474. The van der Waals surface area contributed by atoms with Gasteiger partial charge < -0.3 is 5.32 Å². The van der Waals surface area contributed by atoms with E-state index in [0.29, 0.717) is 5.92 Å². The minimum absolute atomic E-state index is 0.136. The van der Waals surface area contributed by atoms with Crippen LogP contribution in [0, 0.1) is 11.3 Å². The van der Waals surface area contributed by atoms with Gasteiger partial charge in [0.25, 0.3) is 5.91 Å². The largest absolute Gasteiger partial charge is 0.343 e. The molecule has 3 nitrogen and oxygen atoms in total. The van der Waals surface area contributed by atoms with Crippen LogP contribution < -0.4 is 5.32 Å². The molecular formula is C19H23NO2. The molecule has 0 unspecified atom stereocenters. The lowest BCUT2D eigenvalue weighted by atomic mass is 9.76. The number of carbonyl (C=O) groups is 2. The van der Waals surface area contributed by atoms with E-state index in [2.05, 4.69) is 19.2 Å². The molecule has 3 rings (SSSR count). The Kier molecular flexibility index (Phi) is 3.67. The molecule has 1 atom stereocenters. The Morgan fingerprint density at radius 2 is 1.77 bits per heavy atom. The van der Waals surface area contributed by atoms with Gasteiger partial charge in [0.15, 0.2) is 0 Å². The number of nitrogens with one attached hydrogen (secondary N) is 1. The van der Waals surface area contributed by atoms with Crippen molar-refractivity contribution >= 4 is 17.8 Å². The summed E-state index contributed by atoms with van der Waals surface area (Å²) >= 11 is 0. The third-order valence-electron chi connectivity index (χ3n) is 5.98. The molecular weight excluding hydrogens is 274 g/mol. The van der Waals surface area contributed by atoms with Gasteiger partial charge in [-0.2, -0.15) is 0 Å². The highest BCUT2D eigenvalue weighted by atomic mass is 16.2. The number of amides is 1. The molecule has 1 aromatic carbocycles. The summed E-state index contributed by atoms with van der Waals surface area (Å²) in [5.41, 5.74) is 0.819. The van der Waals surface area contributed by atoms with E-state index in [1.165, 1.54) is 6.08 Å². The number of hydrogen-bond acceptors (Lipinski definition) is 2. The first-order valence-corrected chi connectivity index (χ1v) is 8.04. The molecule has 2 saturated carbocycles. The Bertz CT molecular complexity index is 612. The van der Waals surface area contributed by atoms with Gasteiger partial charge in [-0.1, -0.05) is 43.3 Å². The van der Waals surface area contributed by atoms with Crippen LogP contribution in [0.4, 0.5) is 0 Å². The SMILES string of the molecule is CC12CCC(CC1)[C@]2(C)NC(=O)C(=O)/C=C/c1ccccc1. The van der Waals surface area contributed by atoms with Crippen molar-refractivity contribution in [1.82, 2.24) is 5.32 Å². The number of fused-ring (bicyclic) bond motifs is 2. The number of ketones is 1. The van der Waals surface area contributed by atoms with E-state index in [0.717, 1.165) is 31.2 Å². The van der Waals surface area contributed by atoms with Crippen LogP contribution in [-0.4, -0.2) is 17.2 Å². The van der Waals surface area contributed by atoms with Gasteiger partial charge in [-0.25, -0.2) is 0 Å². The van der Waals surface area contributed by atoms with Gasteiger partial charge in [-0.3, -0.25) is 9.59 Å². The molecule has 22 heavy (non-hydrogen) atoms. The van der Waals surface area contributed by atoms with E-state index >= 15 is 0 Å². The molecule has 0 aromatic heterocycles. The summed E-state index contributed by atoms with van der Waals surface area (Å²) in [6, 6.07) is 9.54. The first-order valence-electron chi connectivity index (χ1n) is 8.04. The molecule has 2 fully saturated rings. The first kappa shape index (κ1) is 15.0. The quantitative estimate of drug-likeness (QED) is 0.684. The Morgan fingerprint density at radius 3 is 2.32 bits per heavy atom. The van der Waals surface area contributed by atoms with E-state index < -0.39 is 11.7 Å². The lowest BCUT2D eigenvalue weighted by molar-refractivity contribution is -0.137. The van der Waals surface area contributed by atoms with Crippen LogP contribution in [0.3, 0.4) is 0 Å². The van der Waals surface area contributed by atoms with Gasteiger partial charge in [0.2, 0.25) is 5.78 Å². The predicted molar refractivity (Wildman–Crippen MR) is 87.1 cm³/mol. The van der Waals surface area contributed by atoms with Crippen LogP contribution in [0.1, 0.15) is 45.1 Å². The monoisotopic (exact) mass is 297 g/mol. The van der Waals surface area contributed by atoms with E-state index in [-0.39, 0.29) is 11.0 Å². The number of rotatable bonds is 4. The normalized spacial score (nSPS) is 33.3. The van der Waals surface area contributed by atoms with E-state index in [1.54, 1.807) is 6.08 Å². The van der Waals surface area contributed by atoms with Crippen LogP contribution in [-0.2, 0) is 9.59 Å². The van der Waals surface area contributed by atoms with E-state index in [4.69, 9.17) is 0 Å². The molecule has 0 spiro atoms. The zero-order valence-corrected chi connectivity index (χ0v) is 13.3. The second-order valence-corrected chi connectivity index (χ2v) is 7.10. The molecule has 1 aromatic rings. The second kappa shape index (κ2) is 5.38. The van der Waals surface area contributed by atoms with Crippen molar-refractivity contribution in [2.75, 3.05) is 0 Å². The molecule has 0 aliphatic heterocycles. The van der Waals surface area contributed by atoms with E-state index in [9.17, 15) is 9.59 Å². The van der Waals surface area contributed by atoms with E-state index in [1.807, 2.05) is 30.3 Å². The number of carbonyl (C=O) groups excluding carboxylic acids is 2. The predicted octanol–water partition coefficient (Wildman–Crippen LogP) is 3.35. The number of benzene rings is 1. The van der Waals surface area contributed by atoms with Crippen molar-refractivity contribution in [3.05, 3.63) is 42.0 Å². The van der Waals surface area contributed by atoms with Crippen LogP contribution in [0.2, 0.25) is 0 Å². The minimum atomic E-state index is -0.477. The van der Waals surface area contributed by atoms with Crippen molar-refractivity contribution < 1.29 is 9.59 Å². The smallest absolute Gasteiger partial charge is 0.292 e. The summed E-state index contributed by atoms with van der Waals surface area (Å²) in [6.45, 7) is 4.36. The Balaban J connectivity index is 1.67. The number of hydrogen-bond donors (Lipinski definition) is 1.